The molecule has 0 spiro atoms. The second-order valence-electron chi connectivity index (χ2n) is 4.02. The van der Waals surface area contributed by atoms with Crippen molar-refractivity contribution in [1.29, 1.82) is 0 Å². The van der Waals surface area contributed by atoms with Gasteiger partial charge in [-0.05, 0) is 18.2 Å². The van der Waals surface area contributed by atoms with E-state index in [0.29, 0.717) is 0 Å². The summed E-state index contributed by atoms with van der Waals surface area (Å²) in [4.78, 5) is 12.3. The second-order valence-corrected chi connectivity index (χ2v) is 5.55. The molecule has 106 valence electrons. The van der Waals surface area contributed by atoms with Crippen molar-refractivity contribution in [3.8, 4) is 5.75 Å². The Morgan fingerprint density at radius 2 is 2.05 bits per heavy atom. The highest BCUT2D eigenvalue weighted by atomic mass is 32.2. The van der Waals surface area contributed by atoms with E-state index in [1.807, 2.05) is 0 Å². The summed E-state index contributed by atoms with van der Waals surface area (Å²) < 4.78 is 40.7. The summed E-state index contributed by atoms with van der Waals surface area (Å²) in [5, 5.41) is 4.96. The van der Waals surface area contributed by atoms with Gasteiger partial charge in [0, 0.05) is 14.1 Å². The summed E-state index contributed by atoms with van der Waals surface area (Å²) >= 11 is 0. The molecule has 0 aliphatic rings. The largest absolute Gasteiger partial charge is 0.492 e. The van der Waals surface area contributed by atoms with Crippen LogP contribution in [0.2, 0.25) is 0 Å². The number of nitrogens with zero attached hydrogens (tertiary/aromatic N) is 1. The van der Waals surface area contributed by atoms with Gasteiger partial charge in [0.1, 0.15) is 16.5 Å². The van der Waals surface area contributed by atoms with Gasteiger partial charge in [0.25, 0.3) is 0 Å². The molecule has 0 saturated carbocycles. The van der Waals surface area contributed by atoms with Crippen LogP contribution < -0.4 is 9.88 Å². The van der Waals surface area contributed by atoms with Crippen LogP contribution in [0.15, 0.2) is 23.1 Å². The maximum absolute atomic E-state index is 13.0. The summed E-state index contributed by atoms with van der Waals surface area (Å²) in [7, 11) is -0.897. The molecule has 6 nitrogen and oxygen atoms in total. The number of halogens is 1. The fraction of sp³-hybridized carbons (Fsp3) is 0.364. The maximum Gasteiger partial charge on any atom is 0.241 e. The lowest BCUT2D eigenvalue weighted by molar-refractivity contribution is -0.129. The Hall–Kier alpha value is -1.67. The van der Waals surface area contributed by atoms with E-state index < -0.39 is 20.7 Å². The Bertz CT molecular complexity index is 572. The Morgan fingerprint density at radius 3 is 2.58 bits per heavy atom. The minimum atomic E-state index is -4.08. The topological polar surface area (TPSA) is 89.7 Å². The number of hydrogen-bond acceptors (Lipinski definition) is 4. The normalized spacial score (nSPS) is 11.2. The van der Waals surface area contributed by atoms with Crippen LogP contribution in [-0.2, 0) is 14.8 Å². The predicted molar refractivity (Wildman–Crippen MR) is 66.6 cm³/mol. The molecule has 19 heavy (non-hydrogen) atoms. The smallest absolute Gasteiger partial charge is 0.241 e. The van der Waals surface area contributed by atoms with Gasteiger partial charge in [-0.1, -0.05) is 0 Å². The van der Waals surface area contributed by atoms with Crippen molar-refractivity contribution in [2.75, 3.05) is 20.7 Å². The molecule has 0 saturated heterocycles. The number of rotatable bonds is 5. The van der Waals surface area contributed by atoms with E-state index in [-0.39, 0.29) is 24.7 Å². The summed E-state index contributed by atoms with van der Waals surface area (Å²) in [6.45, 7) is -0.0227. The van der Waals surface area contributed by atoms with Crippen LogP contribution in [0.4, 0.5) is 4.39 Å². The van der Waals surface area contributed by atoms with Crippen molar-refractivity contribution in [3.63, 3.8) is 0 Å². The number of ether oxygens (including phenoxy) is 1. The molecule has 0 bridgehead atoms. The molecular weight excluding hydrogens is 275 g/mol. The minimum Gasteiger partial charge on any atom is -0.492 e. The summed E-state index contributed by atoms with van der Waals surface area (Å²) in [5.74, 6) is -0.976. The van der Waals surface area contributed by atoms with Gasteiger partial charge in [-0.25, -0.2) is 17.9 Å². The molecule has 0 radical (unpaired) electrons. The number of amides is 1. The summed E-state index contributed by atoms with van der Waals surface area (Å²) in [5.41, 5.74) is 0. The Kier molecular flexibility index (Phi) is 4.84. The third-order valence-corrected chi connectivity index (χ3v) is 3.22. The lowest BCUT2D eigenvalue weighted by Gasteiger charge is -2.12. The van der Waals surface area contributed by atoms with Crippen molar-refractivity contribution < 1.29 is 22.3 Å². The third-order valence-electron chi connectivity index (χ3n) is 2.28. The zero-order valence-corrected chi connectivity index (χ0v) is 11.4. The molecule has 0 heterocycles. The highest BCUT2D eigenvalue weighted by Gasteiger charge is 2.16. The molecule has 0 atom stereocenters. The first-order valence-corrected chi connectivity index (χ1v) is 6.92. The quantitative estimate of drug-likeness (QED) is 0.846. The van der Waals surface area contributed by atoms with Gasteiger partial charge in [-0.2, -0.15) is 0 Å². The van der Waals surface area contributed by atoms with Crippen LogP contribution in [0, 0.1) is 5.82 Å². The fourth-order valence-electron chi connectivity index (χ4n) is 1.30. The SMILES string of the molecule is CN(C)C(=O)CCOc1ccc(F)cc1S(N)(=O)=O. The molecule has 8 heteroatoms. The average molecular weight is 290 g/mol. The van der Waals surface area contributed by atoms with Crippen molar-refractivity contribution in [1.82, 2.24) is 4.90 Å². The average Bonchev–Trinajstić information content (AvgIpc) is 2.29. The molecule has 0 aromatic heterocycles. The lowest BCUT2D eigenvalue weighted by atomic mass is 10.3. The predicted octanol–water partition coefficient (Wildman–Crippen LogP) is 0.330. The highest BCUT2D eigenvalue weighted by Crippen LogP contribution is 2.23. The second kappa shape index (κ2) is 5.98. The Balaban J connectivity index is 2.82. The van der Waals surface area contributed by atoms with E-state index >= 15 is 0 Å². The Morgan fingerprint density at radius 1 is 1.42 bits per heavy atom. The van der Waals surface area contributed by atoms with Crippen molar-refractivity contribution >= 4 is 15.9 Å². The molecule has 0 fully saturated rings. The molecule has 1 rings (SSSR count). The van der Waals surface area contributed by atoms with E-state index in [4.69, 9.17) is 9.88 Å². The van der Waals surface area contributed by atoms with Crippen LogP contribution in [0.5, 0.6) is 5.75 Å². The van der Waals surface area contributed by atoms with Gasteiger partial charge < -0.3 is 9.64 Å². The van der Waals surface area contributed by atoms with Crippen LogP contribution >= 0.6 is 0 Å². The fourth-order valence-corrected chi connectivity index (χ4v) is 1.98. The molecule has 0 aliphatic heterocycles. The standard InChI is InChI=1S/C11H15FN2O4S/c1-14(2)11(15)5-6-18-9-4-3-8(12)7-10(9)19(13,16)17/h3-4,7H,5-6H2,1-2H3,(H2,13,16,17). The van der Waals surface area contributed by atoms with Crippen LogP contribution in [0.3, 0.4) is 0 Å². The van der Waals surface area contributed by atoms with Gasteiger partial charge >= 0.3 is 0 Å². The number of carbonyl (C=O) groups excluding carboxylic acids is 1. The summed E-state index contributed by atoms with van der Waals surface area (Å²) in [6, 6.07) is 2.99. The van der Waals surface area contributed by atoms with Crippen LogP contribution in [-0.4, -0.2) is 39.9 Å². The van der Waals surface area contributed by atoms with Crippen molar-refractivity contribution in [2.45, 2.75) is 11.3 Å². The zero-order valence-electron chi connectivity index (χ0n) is 10.6. The highest BCUT2D eigenvalue weighted by molar-refractivity contribution is 7.89. The number of sulfonamides is 1. The van der Waals surface area contributed by atoms with Crippen LogP contribution in [0.1, 0.15) is 6.42 Å². The van der Waals surface area contributed by atoms with Gasteiger partial charge in [0.15, 0.2) is 0 Å². The lowest BCUT2D eigenvalue weighted by Crippen LogP contribution is -2.23. The molecule has 1 aromatic carbocycles. The first-order chi connectivity index (χ1) is 8.71. The number of primary sulfonamides is 1. The van der Waals surface area contributed by atoms with Gasteiger partial charge in [-0.15, -0.1) is 0 Å². The Labute approximate surface area is 111 Å². The van der Waals surface area contributed by atoms with E-state index in [0.717, 1.165) is 18.2 Å². The molecule has 0 aliphatic carbocycles. The number of carbonyl (C=O) groups is 1. The maximum atomic E-state index is 13.0. The summed E-state index contributed by atoms with van der Waals surface area (Å²) in [6.07, 6.45) is 0.0778. The number of benzene rings is 1. The molecule has 1 amide bonds. The van der Waals surface area contributed by atoms with E-state index in [1.165, 1.54) is 4.90 Å². The zero-order chi connectivity index (χ0) is 14.6. The third kappa shape index (κ3) is 4.49. The van der Waals surface area contributed by atoms with Crippen molar-refractivity contribution in [3.05, 3.63) is 24.0 Å². The molecule has 1 aromatic rings. The van der Waals surface area contributed by atoms with Crippen LogP contribution in [0.25, 0.3) is 0 Å². The first kappa shape index (κ1) is 15.4. The van der Waals surface area contributed by atoms with Gasteiger partial charge in [0.05, 0.1) is 13.0 Å². The number of nitrogens with two attached hydrogens (primary N) is 1. The number of hydrogen-bond donors (Lipinski definition) is 1. The first-order valence-electron chi connectivity index (χ1n) is 5.37. The van der Waals surface area contributed by atoms with Crippen molar-refractivity contribution in [2.24, 2.45) is 5.14 Å². The molecular formula is C11H15FN2O4S. The minimum absolute atomic E-state index is 0.0227. The van der Waals surface area contributed by atoms with E-state index in [9.17, 15) is 17.6 Å². The molecule has 0 unspecified atom stereocenters. The van der Waals surface area contributed by atoms with Gasteiger partial charge in [-0.3, -0.25) is 4.79 Å². The monoisotopic (exact) mass is 290 g/mol. The van der Waals surface area contributed by atoms with Gasteiger partial charge in [0.2, 0.25) is 15.9 Å². The van der Waals surface area contributed by atoms with E-state index in [1.54, 1.807) is 14.1 Å². The molecule has 2 N–H and O–H groups in total. The van der Waals surface area contributed by atoms with E-state index in [2.05, 4.69) is 0 Å².